The van der Waals surface area contributed by atoms with Crippen LogP contribution in [0.1, 0.15) is 23.3 Å². The fourth-order valence-corrected chi connectivity index (χ4v) is 2.99. The van der Waals surface area contributed by atoms with Crippen molar-refractivity contribution >= 4 is 17.5 Å². The summed E-state index contributed by atoms with van der Waals surface area (Å²) < 4.78 is 0. The van der Waals surface area contributed by atoms with Crippen molar-refractivity contribution in [2.75, 3.05) is 19.6 Å². The van der Waals surface area contributed by atoms with Crippen LogP contribution < -0.4 is 5.32 Å². The molecule has 0 spiro atoms. The molecule has 3 rings (SSSR count). The largest absolute Gasteiger partial charge is 0.335 e. The molecular formula is C13H16ClN3O. The molecular weight excluding hydrogens is 250 g/mol. The first-order chi connectivity index (χ1) is 8.74. The van der Waals surface area contributed by atoms with E-state index < -0.39 is 0 Å². The van der Waals surface area contributed by atoms with Gasteiger partial charge in [0.15, 0.2) is 0 Å². The van der Waals surface area contributed by atoms with Crippen molar-refractivity contribution in [3.05, 3.63) is 29.0 Å². The number of rotatable bonds is 1. The number of carbonyl (C=O) groups is 1. The number of hydrogen-bond donors (Lipinski definition) is 1. The van der Waals surface area contributed by atoms with Crippen LogP contribution >= 0.6 is 11.6 Å². The van der Waals surface area contributed by atoms with E-state index in [1.54, 1.807) is 12.1 Å². The second kappa shape index (κ2) is 4.86. The fourth-order valence-electron chi connectivity index (χ4n) is 2.88. The van der Waals surface area contributed by atoms with E-state index in [4.69, 9.17) is 11.6 Å². The van der Waals surface area contributed by atoms with Gasteiger partial charge in [0.05, 0.1) is 5.02 Å². The lowest BCUT2D eigenvalue weighted by Gasteiger charge is -2.24. The molecule has 2 aliphatic rings. The van der Waals surface area contributed by atoms with Crippen LogP contribution in [0.5, 0.6) is 0 Å². The third kappa shape index (κ3) is 2.22. The Hall–Kier alpha value is -1.13. The average molecular weight is 266 g/mol. The summed E-state index contributed by atoms with van der Waals surface area (Å²) in [6.45, 7) is 2.72. The van der Waals surface area contributed by atoms with Crippen LogP contribution in [0.3, 0.4) is 0 Å². The zero-order valence-corrected chi connectivity index (χ0v) is 10.9. The highest BCUT2D eigenvalue weighted by Crippen LogP contribution is 2.25. The molecule has 2 atom stereocenters. The summed E-state index contributed by atoms with van der Waals surface area (Å²) in [7, 11) is 0. The van der Waals surface area contributed by atoms with E-state index in [-0.39, 0.29) is 5.91 Å². The molecule has 2 aliphatic heterocycles. The standard InChI is InChI=1S/C13H16ClN3O/c14-10-3-4-11(16-6-10)13(18)17-7-9-2-1-5-15-12(9)8-17/h3-4,6,9,12,15H,1-2,5,7-8H2/t9-,12+/m0/s1. The highest BCUT2D eigenvalue weighted by Gasteiger charge is 2.36. The zero-order chi connectivity index (χ0) is 12.5. The Morgan fingerprint density at radius 1 is 1.44 bits per heavy atom. The number of pyridine rings is 1. The lowest BCUT2D eigenvalue weighted by Crippen LogP contribution is -2.41. The second-order valence-electron chi connectivity index (χ2n) is 5.03. The minimum atomic E-state index is 0.0165. The Morgan fingerprint density at radius 3 is 3.06 bits per heavy atom. The maximum Gasteiger partial charge on any atom is 0.272 e. The summed E-state index contributed by atoms with van der Waals surface area (Å²) in [5.74, 6) is 0.623. The molecule has 4 nitrogen and oxygen atoms in total. The van der Waals surface area contributed by atoms with E-state index in [0.717, 1.165) is 19.6 Å². The summed E-state index contributed by atoms with van der Waals surface area (Å²) >= 11 is 5.78. The van der Waals surface area contributed by atoms with E-state index in [1.165, 1.54) is 19.0 Å². The van der Waals surface area contributed by atoms with Gasteiger partial charge in [-0.1, -0.05) is 11.6 Å². The number of nitrogens with zero attached hydrogens (tertiary/aromatic N) is 2. The SMILES string of the molecule is O=C(c1ccc(Cl)cn1)N1C[C@@H]2CCCN[C@@H]2C1. The normalized spacial score (nSPS) is 27.1. The van der Waals surface area contributed by atoms with E-state index >= 15 is 0 Å². The van der Waals surface area contributed by atoms with Gasteiger partial charge in [-0.25, -0.2) is 4.98 Å². The molecule has 1 aromatic heterocycles. The number of halogens is 1. The van der Waals surface area contributed by atoms with Crippen LogP contribution in [0.2, 0.25) is 5.02 Å². The van der Waals surface area contributed by atoms with Crippen molar-refractivity contribution in [3.8, 4) is 0 Å². The van der Waals surface area contributed by atoms with Crippen molar-refractivity contribution < 1.29 is 4.79 Å². The molecule has 2 saturated heterocycles. The Morgan fingerprint density at radius 2 is 2.33 bits per heavy atom. The maximum absolute atomic E-state index is 12.3. The van der Waals surface area contributed by atoms with Crippen LogP contribution in [0, 0.1) is 5.92 Å². The molecule has 0 aromatic carbocycles. The van der Waals surface area contributed by atoms with Crippen molar-refractivity contribution in [2.45, 2.75) is 18.9 Å². The molecule has 1 aromatic rings. The van der Waals surface area contributed by atoms with Gasteiger partial charge < -0.3 is 10.2 Å². The smallest absolute Gasteiger partial charge is 0.272 e. The summed E-state index contributed by atoms with van der Waals surface area (Å²) in [6, 6.07) is 3.87. The first kappa shape index (κ1) is 11.9. The molecule has 3 heterocycles. The van der Waals surface area contributed by atoms with E-state index in [2.05, 4.69) is 10.3 Å². The number of carbonyl (C=O) groups excluding carboxylic acids is 1. The number of amides is 1. The first-order valence-electron chi connectivity index (χ1n) is 6.38. The van der Waals surface area contributed by atoms with Crippen LogP contribution in [-0.2, 0) is 0 Å². The van der Waals surface area contributed by atoms with Crippen LogP contribution in [0.25, 0.3) is 0 Å². The predicted molar refractivity (Wildman–Crippen MR) is 69.7 cm³/mol. The number of nitrogens with one attached hydrogen (secondary N) is 1. The highest BCUT2D eigenvalue weighted by atomic mass is 35.5. The number of aromatic nitrogens is 1. The quantitative estimate of drug-likeness (QED) is 0.838. The van der Waals surface area contributed by atoms with Crippen molar-refractivity contribution in [1.29, 1.82) is 0 Å². The van der Waals surface area contributed by atoms with Crippen LogP contribution in [-0.4, -0.2) is 41.5 Å². The molecule has 0 saturated carbocycles. The average Bonchev–Trinajstić information content (AvgIpc) is 2.82. The molecule has 0 aliphatic carbocycles. The molecule has 5 heteroatoms. The van der Waals surface area contributed by atoms with Gasteiger partial charge in [-0.3, -0.25) is 4.79 Å². The fraction of sp³-hybridized carbons (Fsp3) is 0.538. The highest BCUT2D eigenvalue weighted by molar-refractivity contribution is 6.30. The molecule has 1 amide bonds. The van der Waals surface area contributed by atoms with Crippen molar-refractivity contribution in [1.82, 2.24) is 15.2 Å². The topological polar surface area (TPSA) is 45.2 Å². The number of fused-ring (bicyclic) bond motifs is 1. The number of likely N-dealkylation sites (tertiary alicyclic amines) is 1. The van der Waals surface area contributed by atoms with Crippen LogP contribution in [0.15, 0.2) is 18.3 Å². The van der Waals surface area contributed by atoms with Gasteiger partial charge in [-0.05, 0) is 37.4 Å². The third-order valence-electron chi connectivity index (χ3n) is 3.83. The first-order valence-corrected chi connectivity index (χ1v) is 6.76. The Bertz CT molecular complexity index is 434. The monoisotopic (exact) mass is 265 g/mol. The molecule has 18 heavy (non-hydrogen) atoms. The predicted octanol–water partition coefficient (Wildman–Crippen LogP) is 1.56. The summed E-state index contributed by atoms with van der Waals surface area (Å²) in [4.78, 5) is 18.3. The number of piperidine rings is 1. The zero-order valence-electron chi connectivity index (χ0n) is 10.1. The van der Waals surface area contributed by atoms with Gasteiger partial charge in [0.1, 0.15) is 5.69 Å². The lowest BCUT2D eigenvalue weighted by atomic mass is 9.94. The molecule has 2 fully saturated rings. The third-order valence-corrected chi connectivity index (χ3v) is 4.06. The molecule has 96 valence electrons. The molecule has 1 N–H and O–H groups in total. The lowest BCUT2D eigenvalue weighted by molar-refractivity contribution is 0.0780. The summed E-state index contributed by atoms with van der Waals surface area (Å²) in [5, 5.41) is 4.05. The molecule has 0 unspecified atom stereocenters. The van der Waals surface area contributed by atoms with E-state index in [9.17, 15) is 4.79 Å². The Balaban J connectivity index is 1.72. The van der Waals surface area contributed by atoms with Crippen LogP contribution in [0.4, 0.5) is 0 Å². The van der Waals surface area contributed by atoms with Gasteiger partial charge in [0.2, 0.25) is 0 Å². The van der Waals surface area contributed by atoms with E-state index in [0.29, 0.717) is 22.7 Å². The van der Waals surface area contributed by atoms with Gasteiger partial charge in [0, 0.05) is 25.3 Å². The Labute approximate surface area is 111 Å². The van der Waals surface area contributed by atoms with Gasteiger partial charge in [0.25, 0.3) is 5.91 Å². The number of hydrogen-bond acceptors (Lipinski definition) is 3. The van der Waals surface area contributed by atoms with Crippen molar-refractivity contribution in [3.63, 3.8) is 0 Å². The molecule has 0 bridgehead atoms. The van der Waals surface area contributed by atoms with Gasteiger partial charge >= 0.3 is 0 Å². The van der Waals surface area contributed by atoms with Gasteiger partial charge in [-0.15, -0.1) is 0 Å². The minimum Gasteiger partial charge on any atom is -0.335 e. The molecule has 0 radical (unpaired) electrons. The summed E-state index contributed by atoms with van der Waals surface area (Å²) in [5.41, 5.74) is 0.484. The van der Waals surface area contributed by atoms with Gasteiger partial charge in [-0.2, -0.15) is 0 Å². The Kier molecular flexibility index (Phi) is 3.22. The minimum absolute atomic E-state index is 0.0165. The maximum atomic E-state index is 12.3. The van der Waals surface area contributed by atoms with Crippen molar-refractivity contribution in [2.24, 2.45) is 5.92 Å². The summed E-state index contributed by atoms with van der Waals surface area (Å²) in [6.07, 6.45) is 3.95. The van der Waals surface area contributed by atoms with E-state index in [1.807, 2.05) is 4.90 Å². The second-order valence-corrected chi connectivity index (χ2v) is 5.47.